The lowest BCUT2D eigenvalue weighted by Gasteiger charge is -2.09. The first kappa shape index (κ1) is 12.2. The van der Waals surface area contributed by atoms with Crippen molar-refractivity contribution in [3.05, 3.63) is 47.8 Å². The van der Waals surface area contributed by atoms with Gasteiger partial charge in [-0.2, -0.15) is 0 Å². The second-order valence-electron chi connectivity index (χ2n) is 4.04. The molecule has 0 aliphatic carbocycles. The van der Waals surface area contributed by atoms with Gasteiger partial charge in [0.05, 0.1) is 19.0 Å². The third-order valence-corrected chi connectivity index (χ3v) is 2.68. The lowest BCUT2D eigenvalue weighted by atomic mass is 10.2. The van der Waals surface area contributed by atoms with E-state index in [9.17, 15) is 5.11 Å². The second kappa shape index (κ2) is 5.40. The van der Waals surface area contributed by atoms with Crippen LogP contribution in [0.25, 0.3) is 0 Å². The van der Waals surface area contributed by atoms with Crippen LogP contribution >= 0.6 is 0 Å². The van der Waals surface area contributed by atoms with Gasteiger partial charge in [0, 0.05) is 17.8 Å². The Hall–Kier alpha value is -2.23. The maximum Gasteiger partial charge on any atom is 0.120 e. The van der Waals surface area contributed by atoms with Crippen LogP contribution in [0.1, 0.15) is 11.3 Å². The van der Waals surface area contributed by atoms with Crippen molar-refractivity contribution in [2.75, 3.05) is 12.4 Å². The largest absolute Gasteiger partial charge is 0.508 e. The lowest BCUT2D eigenvalue weighted by molar-refractivity contribution is 0.411. The predicted molar refractivity (Wildman–Crippen MR) is 71.0 cm³/mol. The van der Waals surface area contributed by atoms with E-state index in [1.54, 1.807) is 25.4 Å². The topological polar surface area (TPSA) is 54.4 Å². The highest BCUT2D eigenvalue weighted by Crippen LogP contribution is 2.23. The third kappa shape index (κ3) is 2.91. The van der Waals surface area contributed by atoms with Gasteiger partial charge in [0.25, 0.3) is 0 Å². The molecule has 0 radical (unpaired) electrons. The minimum atomic E-state index is 0.253. The van der Waals surface area contributed by atoms with E-state index in [0.717, 1.165) is 22.7 Å². The Bertz CT molecular complexity index is 524. The Balaban J connectivity index is 2.07. The number of aryl methyl sites for hydroxylation is 1. The van der Waals surface area contributed by atoms with Gasteiger partial charge < -0.3 is 15.2 Å². The van der Waals surface area contributed by atoms with Crippen LogP contribution in [0.15, 0.2) is 36.5 Å². The molecule has 1 aromatic heterocycles. The fourth-order valence-corrected chi connectivity index (χ4v) is 1.60. The highest BCUT2D eigenvalue weighted by atomic mass is 16.5. The summed E-state index contributed by atoms with van der Waals surface area (Å²) in [4.78, 5) is 4.20. The molecule has 2 N–H and O–H groups in total. The smallest absolute Gasteiger partial charge is 0.120 e. The number of hydrogen-bond donors (Lipinski definition) is 2. The van der Waals surface area contributed by atoms with Gasteiger partial charge in [0.2, 0.25) is 0 Å². The zero-order chi connectivity index (χ0) is 13.0. The Morgan fingerprint density at radius 3 is 2.78 bits per heavy atom. The quantitative estimate of drug-likeness (QED) is 0.868. The van der Waals surface area contributed by atoms with E-state index in [-0.39, 0.29) is 5.75 Å². The summed E-state index contributed by atoms with van der Waals surface area (Å²) in [5.41, 5.74) is 2.68. The average molecular weight is 244 g/mol. The number of methoxy groups -OCH3 is 1. The molecule has 1 aromatic carbocycles. The first-order chi connectivity index (χ1) is 8.69. The van der Waals surface area contributed by atoms with Crippen molar-refractivity contribution in [2.24, 2.45) is 0 Å². The number of phenolic OH excluding ortho intramolecular Hbond substituents is 1. The standard InChI is InChI=1S/C14H16N2O2/c1-10-3-4-12(9-15-10)16-8-11-7-13(18-2)5-6-14(11)17/h3-7,9,16-17H,8H2,1-2H3. The fraction of sp³-hybridized carbons (Fsp3) is 0.214. The molecule has 1 heterocycles. The molecule has 0 bridgehead atoms. The van der Waals surface area contributed by atoms with Crippen LogP contribution in [0.3, 0.4) is 0 Å². The first-order valence-electron chi connectivity index (χ1n) is 5.71. The third-order valence-electron chi connectivity index (χ3n) is 2.68. The first-order valence-corrected chi connectivity index (χ1v) is 5.71. The van der Waals surface area contributed by atoms with Crippen LogP contribution in [-0.4, -0.2) is 17.2 Å². The van der Waals surface area contributed by atoms with Gasteiger partial charge in [-0.15, -0.1) is 0 Å². The van der Waals surface area contributed by atoms with Gasteiger partial charge in [-0.1, -0.05) is 0 Å². The Morgan fingerprint density at radius 1 is 1.28 bits per heavy atom. The van der Waals surface area contributed by atoms with E-state index in [2.05, 4.69) is 10.3 Å². The van der Waals surface area contributed by atoms with Crippen molar-refractivity contribution >= 4 is 5.69 Å². The van der Waals surface area contributed by atoms with Gasteiger partial charge in [-0.05, 0) is 37.3 Å². The number of aromatic hydroxyl groups is 1. The van der Waals surface area contributed by atoms with Crippen molar-refractivity contribution in [1.29, 1.82) is 0 Å². The Kier molecular flexibility index (Phi) is 3.67. The summed E-state index contributed by atoms with van der Waals surface area (Å²) in [5, 5.41) is 12.9. The highest BCUT2D eigenvalue weighted by Gasteiger charge is 2.03. The Morgan fingerprint density at radius 2 is 2.11 bits per heavy atom. The zero-order valence-electron chi connectivity index (χ0n) is 10.5. The Labute approximate surface area is 106 Å². The van der Waals surface area contributed by atoms with Crippen LogP contribution in [0.2, 0.25) is 0 Å². The van der Waals surface area contributed by atoms with E-state index >= 15 is 0 Å². The molecule has 0 aliphatic rings. The molecular weight excluding hydrogens is 228 g/mol. The SMILES string of the molecule is COc1ccc(O)c(CNc2ccc(C)nc2)c1. The summed E-state index contributed by atoms with van der Waals surface area (Å²) in [7, 11) is 1.60. The van der Waals surface area contributed by atoms with Crippen LogP contribution in [0, 0.1) is 6.92 Å². The summed E-state index contributed by atoms with van der Waals surface area (Å²) < 4.78 is 5.13. The van der Waals surface area contributed by atoms with Gasteiger partial charge in [-0.3, -0.25) is 4.98 Å². The molecule has 0 spiro atoms. The minimum Gasteiger partial charge on any atom is -0.508 e. The maximum absolute atomic E-state index is 9.74. The second-order valence-corrected chi connectivity index (χ2v) is 4.04. The van der Waals surface area contributed by atoms with Crippen molar-refractivity contribution in [1.82, 2.24) is 4.98 Å². The van der Waals surface area contributed by atoms with E-state index in [4.69, 9.17) is 4.74 Å². The average Bonchev–Trinajstić information content (AvgIpc) is 2.40. The molecule has 4 nitrogen and oxygen atoms in total. The summed E-state index contributed by atoms with van der Waals surface area (Å²) in [6.07, 6.45) is 1.77. The van der Waals surface area contributed by atoms with Crippen LogP contribution in [0.4, 0.5) is 5.69 Å². The van der Waals surface area contributed by atoms with Gasteiger partial charge in [0.15, 0.2) is 0 Å². The molecule has 0 unspecified atom stereocenters. The van der Waals surface area contributed by atoms with Crippen LogP contribution < -0.4 is 10.1 Å². The monoisotopic (exact) mass is 244 g/mol. The van der Waals surface area contributed by atoms with Crippen molar-refractivity contribution in [3.63, 3.8) is 0 Å². The summed E-state index contributed by atoms with van der Waals surface area (Å²) in [6.45, 7) is 2.46. The van der Waals surface area contributed by atoms with Crippen LogP contribution in [0.5, 0.6) is 11.5 Å². The molecule has 0 saturated carbocycles. The van der Waals surface area contributed by atoms with Crippen molar-refractivity contribution in [3.8, 4) is 11.5 Å². The van der Waals surface area contributed by atoms with E-state index in [0.29, 0.717) is 6.54 Å². The molecule has 0 saturated heterocycles. The van der Waals surface area contributed by atoms with Crippen LogP contribution in [-0.2, 0) is 6.54 Å². The lowest BCUT2D eigenvalue weighted by Crippen LogP contribution is -2.00. The minimum absolute atomic E-state index is 0.253. The molecule has 18 heavy (non-hydrogen) atoms. The summed E-state index contributed by atoms with van der Waals surface area (Å²) >= 11 is 0. The highest BCUT2D eigenvalue weighted by molar-refractivity contribution is 5.45. The summed E-state index contributed by atoms with van der Waals surface area (Å²) in [6, 6.07) is 9.06. The number of pyridine rings is 1. The summed E-state index contributed by atoms with van der Waals surface area (Å²) in [5.74, 6) is 0.981. The number of aromatic nitrogens is 1. The molecule has 0 fully saturated rings. The van der Waals surface area contributed by atoms with Gasteiger partial charge in [-0.25, -0.2) is 0 Å². The molecule has 0 atom stereocenters. The number of benzene rings is 1. The predicted octanol–water partition coefficient (Wildman–Crippen LogP) is 2.72. The van der Waals surface area contributed by atoms with Gasteiger partial charge >= 0.3 is 0 Å². The van der Waals surface area contributed by atoms with Crippen molar-refractivity contribution in [2.45, 2.75) is 13.5 Å². The van der Waals surface area contributed by atoms with Crippen molar-refractivity contribution < 1.29 is 9.84 Å². The molecule has 0 amide bonds. The molecule has 2 rings (SSSR count). The number of nitrogens with one attached hydrogen (secondary N) is 1. The molecule has 0 aliphatic heterocycles. The normalized spacial score (nSPS) is 10.1. The molecule has 4 heteroatoms. The maximum atomic E-state index is 9.74. The molecule has 2 aromatic rings. The number of nitrogens with zero attached hydrogens (tertiary/aromatic N) is 1. The number of phenols is 1. The number of ether oxygens (including phenoxy) is 1. The fourth-order valence-electron chi connectivity index (χ4n) is 1.60. The number of rotatable bonds is 4. The van der Waals surface area contributed by atoms with E-state index in [1.807, 2.05) is 25.1 Å². The number of anilines is 1. The zero-order valence-corrected chi connectivity index (χ0v) is 10.5. The van der Waals surface area contributed by atoms with E-state index in [1.165, 1.54) is 0 Å². The molecule has 94 valence electrons. The molecular formula is C14H16N2O2. The van der Waals surface area contributed by atoms with Gasteiger partial charge in [0.1, 0.15) is 11.5 Å². The number of hydrogen-bond acceptors (Lipinski definition) is 4. The van der Waals surface area contributed by atoms with E-state index < -0.39 is 0 Å².